The summed E-state index contributed by atoms with van der Waals surface area (Å²) in [6.07, 6.45) is 1.54. The second kappa shape index (κ2) is 7.45. The van der Waals surface area contributed by atoms with Crippen LogP contribution in [0.3, 0.4) is 0 Å². The molecule has 0 aliphatic rings. The van der Waals surface area contributed by atoms with Crippen LogP contribution in [0.15, 0.2) is 52.6 Å². The van der Waals surface area contributed by atoms with Gasteiger partial charge in [-0.25, -0.2) is 0 Å². The number of aromatic nitrogens is 4. The molecule has 2 aromatic carbocycles. The Labute approximate surface area is 150 Å². The van der Waals surface area contributed by atoms with E-state index in [2.05, 4.69) is 30.5 Å². The van der Waals surface area contributed by atoms with Gasteiger partial charge in [-0.1, -0.05) is 22.8 Å². The summed E-state index contributed by atoms with van der Waals surface area (Å²) in [6, 6.07) is 13.3. The van der Waals surface area contributed by atoms with E-state index >= 15 is 0 Å². The third-order valence-corrected chi connectivity index (χ3v) is 3.72. The predicted octanol–water partition coefficient (Wildman–Crippen LogP) is 3.73. The van der Waals surface area contributed by atoms with Crippen LogP contribution in [0, 0.1) is 6.92 Å². The van der Waals surface area contributed by atoms with E-state index in [0.29, 0.717) is 17.2 Å². The van der Waals surface area contributed by atoms with E-state index in [9.17, 15) is 0 Å². The summed E-state index contributed by atoms with van der Waals surface area (Å²) in [5.41, 5.74) is 12.7. The van der Waals surface area contributed by atoms with E-state index in [1.807, 2.05) is 56.3 Å². The van der Waals surface area contributed by atoms with Crippen LogP contribution in [0.4, 0.5) is 17.1 Å². The van der Waals surface area contributed by atoms with Gasteiger partial charge < -0.3 is 4.90 Å². The molecule has 0 bridgehead atoms. The van der Waals surface area contributed by atoms with E-state index in [1.165, 1.54) is 0 Å². The summed E-state index contributed by atoms with van der Waals surface area (Å²) in [4.78, 5) is 9.19. The van der Waals surface area contributed by atoms with E-state index in [0.717, 1.165) is 16.9 Å². The van der Waals surface area contributed by atoms with Gasteiger partial charge in [-0.3, -0.25) is 4.99 Å². The molecule has 1 heterocycles. The van der Waals surface area contributed by atoms with Crippen molar-refractivity contribution in [3.8, 4) is 5.69 Å². The first-order valence-corrected chi connectivity index (χ1v) is 7.84. The fourth-order valence-electron chi connectivity index (χ4n) is 2.30. The quantitative estimate of drug-likeness (QED) is 0.303. The Morgan fingerprint density at radius 2 is 1.88 bits per heavy atom. The van der Waals surface area contributed by atoms with Gasteiger partial charge in [0.1, 0.15) is 0 Å². The molecule has 0 saturated heterocycles. The number of aryl methyl sites for hydroxylation is 1. The molecular formula is C17H17N9. The second-order valence-electron chi connectivity index (χ2n) is 5.80. The average Bonchev–Trinajstić information content (AvgIpc) is 3.10. The summed E-state index contributed by atoms with van der Waals surface area (Å²) in [5.74, 6) is 0.470. The molecule has 0 spiro atoms. The van der Waals surface area contributed by atoms with Crippen molar-refractivity contribution in [1.29, 1.82) is 0 Å². The number of nitrogens with zero attached hydrogens (tertiary/aromatic N) is 9. The highest BCUT2D eigenvalue weighted by molar-refractivity contribution is 5.81. The molecule has 0 fully saturated rings. The van der Waals surface area contributed by atoms with Crippen LogP contribution >= 0.6 is 0 Å². The summed E-state index contributed by atoms with van der Waals surface area (Å²) >= 11 is 0. The van der Waals surface area contributed by atoms with Crippen molar-refractivity contribution in [3.63, 3.8) is 0 Å². The summed E-state index contributed by atoms with van der Waals surface area (Å²) in [5, 5.41) is 15.4. The minimum atomic E-state index is 0.435. The van der Waals surface area contributed by atoms with Crippen LogP contribution in [0.5, 0.6) is 0 Å². The predicted molar refractivity (Wildman–Crippen MR) is 101 cm³/mol. The fraction of sp³-hybridized carbons (Fsp3) is 0.176. The molecule has 0 unspecified atom stereocenters. The van der Waals surface area contributed by atoms with E-state index in [4.69, 9.17) is 5.53 Å². The standard InChI is InChI=1S/C17H17N9/c1-12-4-6-13(7-5-12)26-17(21-23-24-26)11-19-15-9-8-14(25(2)3)10-16(15)20-22-18/h4-11H,1-3H3. The van der Waals surface area contributed by atoms with E-state index < -0.39 is 0 Å². The van der Waals surface area contributed by atoms with Crippen LogP contribution in [-0.4, -0.2) is 40.5 Å². The smallest absolute Gasteiger partial charge is 0.198 e. The number of rotatable bonds is 5. The van der Waals surface area contributed by atoms with Gasteiger partial charge in [0.15, 0.2) is 5.82 Å². The van der Waals surface area contributed by atoms with Crippen LogP contribution < -0.4 is 4.90 Å². The molecule has 3 rings (SSSR count). The van der Waals surface area contributed by atoms with Gasteiger partial charge in [-0.15, -0.1) is 5.10 Å². The Morgan fingerprint density at radius 1 is 1.12 bits per heavy atom. The lowest BCUT2D eigenvalue weighted by Gasteiger charge is -2.13. The maximum Gasteiger partial charge on any atom is 0.198 e. The first kappa shape index (κ1) is 17.1. The Hall–Kier alpha value is -3.71. The number of aliphatic imine (C=N–C) groups is 1. The molecule has 0 aliphatic carbocycles. The molecule has 26 heavy (non-hydrogen) atoms. The van der Waals surface area contributed by atoms with Crippen molar-refractivity contribution in [2.45, 2.75) is 6.92 Å². The molecule has 9 heteroatoms. The Kier molecular flexibility index (Phi) is 4.91. The molecule has 130 valence electrons. The second-order valence-corrected chi connectivity index (χ2v) is 5.80. The molecule has 0 saturated carbocycles. The molecule has 1 aromatic heterocycles. The minimum absolute atomic E-state index is 0.435. The van der Waals surface area contributed by atoms with Gasteiger partial charge in [-0.05, 0) is 53.2 Å². The Morgan fingerprint density at radius 3 is 2.58 bits per heavy atom. The summed E-state index contributed by atoms with van der Waals surface area (Å²) in [7, 11) is 3.82. The molecule has 9 nitrogen and oxygen atoms in total. The van der Waals surface area contributed by atoms with E-state index in [-0.39, 0.29) is 0 Å². The van der Waals surface area contributed by atoms with Crippen molar-refractivity contribution in [3.05, 3.63) is 64.3 Å². The van der Waals surface area contributed by atoms with Gasteiger partial charge in [0.2, 0.25) is 0 Å². The number of azide groups is 1. The van der Waals surface area contributed by atoms with Gasteiger partial charge in [0.25, 0.3) is 0 Å². The highest BCUT2D eigenvalue weighted by atomic mass is 15.5. The Bertz CT molecular complexity index is 980. The number of benzene rings is 2. The first-order chi connectivity index (χ1) is 12.6. The van der Waals surface area contributed by atoms with Crippen molar-refractivity contribution in [2.24, 2.45) is 10.1 Å². The van der Waals surface area contributed by atoms with Crippen molar-refractivity contribution in [1.82, 2.24) is 20.2 Å². The third-order valence-electron chi connectivity index (χ3n) is 3.72. The first-order valence-electron chi connectivity index (χ1n) is 7.84. The SMILES string of the molecule is Cc1ccc(-n2nnnc2C=Nc2ccc(N(C)C)cc2N=[N+]=[N-])cc1. The lowest BCUT2D eigenvalue weighted by atomic mass is 10.2. The van der Waals surface area contributed by atoms with Gasteiger partial charge in [-0.2, -0.15) is 4.68 Å². The third kappa shape index (κ3) is 3.68. The topological polar surface area (TPSA) is 108 Å². The van der Waals surface area contributed by atoms with Crippen LogP contribution in [0.25, 0.3) is 16.1 Å². The molecule has 0 amide bonds. The van der Waals surface area contributed by atoms with Crippen molar-refractivity contribution >= 4 is 23.3 Å². The number of tetrazole rings is 1. The zero-order chi connectivity index (χ0) is 18.5. The maximum atomic E-state index is 8.80. The van der Waals surface area contributed by atoms with E-state index in [1.54, 1.807) is 23.0 Å². The average molecular weight is 347 g/mol. The number of anilines is 1. The molecule has 3 aromatic rings. The fourth-order valence-corrected chi connectivity index (χ4v) is 2.30. The zero-order valence-electron chi connectivity index (χ0n) is 14.6. The minimum Gasteiger partial charge on any atom is -0.378 e. The monoisotopic (exact) mass is 347 g/mol. The zero-order valence-corrected chi connectivity index (χ0v) is 14.6. The van der Waals surface area contributed by atoms with Crippen molar-refractivity contribution in [2.75, 3.05) is 19.0 Å². The normalized spacial score (nSPS) is 10.7. The molecule has 0 N–H and O–H groups in total. The highest BCUT2D eigenvalue weighted by Crippen LogP contribution is 2.32. The molecule has 0 aliphatic heterocycles. The lowest BCUT2D eigenvalue weighted by Crippen LogP contribution is -2.07. The number of hydrogen-bond donors (Lipinski definition) is 0. The van der Waals surface area contributed by atoms with Crippen molar-refractivity contribution < 1.29 is 0 Å². The number of hydrogen-bond acceptors (Lipinski definition) is 6. The van der Waals surface area contributed by atoms with Crippen LogP contribution in [0.1, 0.15) is 11.4 Å². The molecule has 0 atom stereocenters. The maximum absolute atomic E-state index is 8.80. The van der Waals surface area contributed by atoms with Gasteiger partial charge in [0.05, 0.1) is 23.3 Å². The van der Waals surface area contributed by atoms with Crippen LogP contribution in [0.2, 0.25) is 0 Å². The lowest BCUT2D eigenvalue weighted by molar-refractivity contribution is 0.787. The van der Waals surface area contributed by atoms with Gasteiger partial charge >= 0.3 is 0 Å². The summed E-state index contributed by atoms with van der Waals surface area (Å²) in [6.45, 7) is 2.01. The van der Waals surface area contributed by atoms with Gasteiger partial charge in [0, 0.05) is 24.7 Å². The van der Waals surface area contributed by atoms with Crippen LogP contribution in [-0.2, 0) is 0 Å². The molecule has 0 radical (unpaired) electrons. The summed E-state index contributed by atoms with van der Waals surface area (Å²) < 4.78 is 1.59. The molecular weight excluding hydrogens is 330 g/mol. The highest BCUT2D eigenvalue weighted by Gasteiger charge is 2.07. The Balaban J connectivity index is 1.95. The largest absolute Gasteiger partial charge is 0.378 e.